The van der Waals surface area contributed by atoms with E-state index < -0.39 is 0 Å². The van der Waals surface area contributed by atoms with Crippen molar-refractivity contribution < 1.29 is 4.52 Å². The minimum absolute atomic E-state index is 0.501. The van der Waals surface area contributed by atoms with Gasteiger partial charge in [0.15, 0.2) is 5.82 Å². The van der Waals surface area contributed by atoms with Gasteiger partial charge in [-0.3, -0.25) is 0 Å². The monoisotopic (exact) mass is 165 g/mol. The molecule has 0 saturated heterocycles. The van der Waals surface area contributed by atoms with Gasteiger partial charge in [-0.1, -0.05) is 11.2 Å². The Hall–Kier alpha value is -1.16. The summed E-state index contributed by atoms with van der Waals surface area (Å²) in [5.74, 6) is 1.95. The van der Waals surface area contributed by atoms with Crippen molar-refractivity contribution in [2.45, 2.75) is 18.8 Å². The Morgan fingerprint density at radius 2 is 2.42 bits per heavy atom. The van der Waals surface area contributed by atoms with Crippen molar-refractivity contribution in [3.63, 3.8) is 0 Å². The first-order chi connectivity index (χ1) is 5.90. The molecule has 0 aliphatic heterocycles. The van der Waals surface area contributed by atoms with Gasteiger partial charge < -0.3 is 10.3 Å². The van der Waals surface area contributed by atoms with Crippen molar-refractivity contribution in [1.29, 1.82) is 0 Å². The molecular formula is C8H11N3O. The maximum atomic E-state index is 5.28. The molecular weight excluding hydrogens is 154 g/mol. The molecule has 1 aromatic heterocycles. The average Bonchev–Trinajstić information content (AvgIpc) is 2.83. The molecule has 1 aliphatic carbocycles. The van der Waals surface area contributed by atoms with E-state index in [-0.39, 0.29) is 0 Å². The molecule has 2 N–H and O–H groups in total. The first-order valence-electron chi connectivity index (χ1n) is 4.10. The Morgan fingerprint density at radius 1 is 1.58 bits per heavy atom. The lowest BCUT2D eigenvalue weighted by Gasteiger charge is -1.79. The molecule has 0 aromatic carbocycles. The van der Waals surface area contributed by atoms with E-state index in [4.69, 9.17) is 10.3 Å². The SMILES string of the molecule is NC/C=C/c1nc(C2CC2)no1. The third-order valence-electron chi connectivity index (χ3n) is 1.80. The number of hydrogen-bond acceptors (Lipinski definition) is 4. The van der Waals surface area contributed by atoms with Gasteiger partial charge in [0.25, 0.3) is 0 Å². The van der Waals surface area contributed by atoms with Crippen LogP contribution in [0.3, 0.4) is 0 Å². The van der Waals surface area contributed by atoms with Gasteiger partial charge in [-0.15, -0.1) is 0 Å². The van der Waals surface area contributed by atoms with Crippen molar-refractivity contribution in [2.75, 3.05) is 6.54 Å². The molecule has 0 unspecified atom stereocenters. The Kier molecular flexibility index (Phi) is 1.91. The van der Waals surface area contributed by atoms with E-state index in [1.807, 2.05) is 0 Å². The molecule has 12 heavy (non-hydrogen) atoms. The summed E-state index contributed by atoms with van der Waals surface area (Å²) in [7, 11) is 0. The van der Waals surface area contributed by atoms with Crippen molar-refractivity contribution in [3.05, 3.63) is 17.8 Å². The number of nitrogens with zero attached hydrogens (tertiary/aromatic N) is 2. The fraction of sp³-hybridized carbons (Fsp3) is 0.500. The van der Waals surface area contributed by atoms with Gasteiger partial charge in [0, 0.05) is 18.5 Å². The highest BCUT2D eigenvalue weighted by Gasteiger charge is 2.28. The van der Waals surface area contributed by atoms with Crippen LogP contribution in [0.25, 0.3) is 6.08 Å². The number of hydrogen-bond donors (Lipinski definition) is 1. The van der Waals surface area contributed by atoms with Crippen LogP contribution < -0.4 is 5.73 Å². The Bertz CT molecular complexity index is 288. The first-order valence-corrected chi connectivity index (χ1v) is 4.10. The maximum Gasteiger partial charge on any atom is 0.250 e. The molecule has 1 aliphatic rings. The smallest absolute Gasteiger partial charge is 0.250 e. The minimum Gasteiger partial charge on any atom is -0.335 e. The molecule has 1 heterocycles. The highest BCUT2D eigenvalue weighted by atomic mass is 16.5. The Balaban J connectivity index is 2.07. The molecule has 4 nitrogen and oxygen atoms in total. The molecule has 64 valence electrons. The molecule has 4 heteroatoms. The molecule has 1 saturated carbocycles. The Morgan fingerprint density at radius 3 is 3.08 bits per heavy atom. The quantitative estimate of drug-likeness (QED) is 0.723. The summed E-state index contributed by atoms with van der Waals surface area (Å²) < 4.78 is 4.96. The van der Waals surface area contributed by atoms with Crippen LogP contribution >= 0.6 is 0 Å². The number of nitrogens with two attached hydrogens (primary N) is 1. The fourth-order valence-electron chi connectivity index (χ4n) is 0.991. The average molecular weight is 165 g/mol. The third-order valence-corrected chi connectivity index (χ3v) is 1.80. The molecule has 0 spiro atoms. The van der Waals surface area contributed by atoms with E-state index in [9.17, 15) is 0 Å². The van der Waals surface area contributed by atoms with Crippen LogP contribution in [-0.4, -0.2) is 16.7 Å². The summed E-state index contributed by atoms with van der Waals surface area (Å²) >= 11 is 0. The van der Waals surface area contributed by atoms with Crippen LogP contribution in [0.15, 0.2) is 10.6 Å². The second kappa shape index (κ2) is 3.06. The van der Waals surface area contributed by atoms with E-state index in [1.165, 1.54) is 12.8 Å². The van der Waals surface area contributed by atoms with Crippen LogP contribution in [0.2, 0.25) is 0 Å². The van der Waals surface area contributed by atoms with Crippen LogP contribution in [0.4, 0.5) is 0 Å². The van der Waals surface area contributed by atoms with Gasteiger partial charge in [0.1, 0.15) is 0 Å². The zero-order valence-electron chi connectivity index (χ0n) is 6.73. The zero-order valence-corrected chi connectivity index (χ0v) is 6.73. The highest BCUT2D eigenvalue weighted by Crippen LogP contribution is 2.38. The molecule has 1 fully saturated rings. The lowest BCUT2D eigenvalue weighted by Crippen LogP contribution is -1.91. The standard InChI is InChI=1S/C8H11N3O/c9-5-1-2-7-10-8(11-12-7)6-3-4-6/h1-2,6H,3-5,9H2/b2-1+. The molecule has 1 aromatic rings. The topological polar surface area (TPSA) is 64.9 Å². The molecule has 0 bridgehead atoms. The van der Waals surface area contributed by atoms with Crippen molar-refractivity contribution in [3.8, 4) is 0 Å². The highest BCUT2D eigenvalue weighted by molar-refractivity contribution is 5.37. The van der Waals surface area contributed by atoms with Gasteiger partial charge in [0.05, 0.1) is 0 Å². The Labute approximate surface area is 70.5 Å². The van der Waals surface area contributed by atoms with Crippen LogP contribution in [0, 0.1) is 0 Å². The van der Waals surface area contributed by atoms with Crippen LogP contribution in [-0.2, 0) is 0 Å². The second-order valence-electron chi connectivity index (χ2n) is 2.90. The van der Waals surface area contributed by atoms with E-state index in [0.717, 1.165) is 5.82 Å². The van der Waals surface area contributed by atoms with Gasteiger partial charge in [-0.05, 0) is 12.8 Å². The molecule has 0 amide bonds. The summed E-state index contributed by atoms with van der Waals surface area (Å²) in [5, 5.41) is 3.85. The predicted molar refractivity (Wildman–Crippen MR) is 44.4 cm³/mol. The first kappa shape index (κ1) is 7.49. The largest absolute Gasteiger partial charge is 0.335 e. The van der Waals surface area contributed by atoms with Crippen molar-refractivity contribution in [2.24, 2.45) is 5.73 Å². The molecule has 2 rings (SSSR count). The summed E-state index contributed by atoms with van der Waals surface area (Å²) in [6.45, 7) is 0.501. The summed E-state index contributed by atoms with van der Waals surface area (Å²) in [6.07, 6.45) is 5.93. The van der Waals surface area contributed by atoms with Gasteiger partial charge >= 0.3 is 0 Å². The van der Waals surface area contributed by atoms with E-state index in [2.05, 4.69) is 10.1 Å². The third kappa shape index (κ3) is 1.53. The van der Waals surface area contributed by atoms with Gasteiger partial charge in [0.2, 0.25) is 5.89 Å². The molecule has 0 atom stereocenters. The summed E-state index contributed by atoms with van der Waals surface area (Å²) in [6, 6.07) is 0. The van der Waals surface area contributed by atoms with E-state index >= 15 is 0 Å². The summed E-state index contributed by atoms with van der Waals surface area (Å²) in [4.78, 5) is 4.19. The van der Waals surface area contributed by atoms with Crippen LogP contribution in [0.5, 0.6) is 0 Å². The number of aromatic nitrogens is 2. The maximum absolute atomic E-state index is 5.28. The lowest BCUT2D eigenvalue weighted by atomic mass is 10.4. The normalized spacial score (nSPS) is 17.4. The van der Waals surface area contributed by atoms with Gasteiger partial charge in [-0.25, -0.2) is 0 Å². The fourth-order valence-corrected chi connectivity index (χ4v) is 0.991. The van der Waals surface area contributed by atoms with Crippen molar-refractivity contribution in [1.82, 2.24) is 10.1 Å². The lowest BCUT2D eigenvalue weighted by molar-refractivity contribution is 0.403. The molecule has 0 radical (unpaired) electrons. The predicted octanol–water partition coefficient (Wildman–Crippen LogP) is 0.919. The van der Waals surface area contributed by atoms with E-state index in [1.54, 1.807) is 12.2 Å². The van der Waals surface area contributed by atoms with E-state index in [0.29, 0.717) is 18.4 Å². The second-order valence-corrected chi connectivity index (χ2v) is 2.90. The van der Waals surface area contributed by atoms with Gasteiger partial charge in [-0.2, -0.15) is 4.98 Å². The number of rotatable bonds is 3. The minimum atomic E-state index is 0.501. The van der Waals surface area contributed by atoms with Crippen molar-refractivity contribution >= 4 is 6.08 Å². The zero-order chi connectivity index (χ0) is 8.39. The van der Waals surface area contributed by atoms with Crippen LogP contribution in [0.1, 0.15) is 30.5 Å². The summed E-state index contributed by atoms with van der Waals surface area (Å²) in [5.41, 5.74) is 5.28.